The van der Waals surface area contributed by atoms with Crippen molar-refractivity contribution in [3.05, 3.63) is 40.3 Å². The summed E-state index contributed by atoms with van der Waals surface area (Å²) in [7, 11) is 0. The summed E-state index contributed by atoms with van der Waals surface area (Å²) in [5.41, 5.74) is 2.58. The van der Waals surface area contributed by atoms with E-state index in [4.69, 9.17) is 0 Å². The lowest BCUT2D eigenvalue weighted by molar-refractivity contribution is 0.0949. The lowest BCUT2D eigenvalue weighted by atomic mass is 10.1. The molecule has 0 saturated heterocycles. The number of carbonyl (C=O) groups excluding carboxylic acids is 1. The summed E-state index contributed by atoms with van der Waals surface area (Å²) in [6.45, 7) is 6.60. The Bertz CT molecular complexity index is 791. The second-order valence-electron chi connectivity index (χ2n) is 5.72. The molecule has 0 saturated carbocycles. The number of nitrogens with one attached hydrogen (secondary N) is 1. The van der Waals surface area contributed by atoms with Crippen LogP contribution in [0.1, 0.15) is 50.5 Å². The molecule has 0 atom stereocenters. The first-order chi connectivity index (χ1) is 11.6. The Morgan fingerprint density at radius 3 is 2.54 bits per heavy atom. The summed E-state index contributed by atoms with van der Waals surface area (Å²) in [4.78, 5) is 24.9. The fourth-order valence-corrected chi connectivity index (χ4v) is 2.52. The molecule has 0 fully saturated rings. The maximum Gasteiger partial charge on any atom is 0.292 e. The third-order valence-corrected chi connectivity index (χ3v) is 4.02. The number of aryl methyl sites for hydroxylation is 1. The van der Waals surface area contributed by atoms with Gasteiger partial charge >= 0.3 is 0 Å². The molecule has 0 aliphatic carbocycles. The van der Waals surface area contributed by atoms with Gasteiger partial charge in [-0.05, 0) is 31.2 Å². The van der Waals surface area contributed by atoms with Gasteiger partial charge in [-0.3, -0.25) is 9.59 Å². The largest absolute Gasteiger partial charge is 0.292 e. The minimum atomic E-state index is -0.404. The molecular formula is C18H24N4O2. The number of hydrogen-bond donors (Lipinski definition) is 1. The van der Waals surface area contributed by atoms with E-state index < -0.39 is 5.91 Å². The number of aromatic nitrogens is 2. The minimum absolute atomic E-state index is 0.176. The highest BCUT2D eigenvalue weighted by Gasteiger charge is 2.16. The molecule has 0 unspecified atom stereocenters. The van der Waals surface area contributed by atoms with Gasteiger partial charge in [0.25, 0.3) is 11.5 Å². The van der Waals surface area contributed by atoms with Crippen molar-refractivity contribution in [2.75, 3.05) is 0 Å². The van der Waals surface area contributed by atoms with Gasteiger partial charge in [-0.1, -0.05) is 39.0 Å². The number of benzene rings is 1. The highest BCUT2D eigenvalue weighted by atomic mass is 16.2. The summed E-state index contributed by atoms with van der Waals surface area (Å²) < 4.78 is 1.35. The average Bonchev–Trinajstić information content (AvgIpc) is 2.61. The standard InChI is InChI=1S/C18H24N4O2/c1-4-11-22-18(24)15-10-8-7-9-14(15)16(21-22)17(23)20-19-12-13(5-2)6-3/h7-10,12-13H,4-6,11H2,1-3H3,(H,20,23)/b19-12-. The molecule has 128 valence electrons. The van der Waals surface area contributed by atoms with Gasteiger partial charge in [0.2, 0.25) is 0 Å². The van der Waals surface area contributed by atoms with Crippen LogP contribution < -0.4 is 11.0 Å². The van der Waals surface area contributed by atoms with Crippen LogP contribution in [0.3, 0.4) is 0 Å². The Balaban J connectivity index is 2.38. The van der Waals surface area contributed by atoms with Crippen molar-refractivity contribution >= 4 is 22.9 Å². The number of hydrazone groups is 1. The molecule has 6 heteroatoms. The Kier molecular flexibility index (Phi) is 6.23. The van der Waals surface area contributed by atoms with Crippen molar-refractivity contribution < 1.29 is 4.79 Å². The fourth-order valence-electron chi connectivity index (χ4n) is 2.52. The zero-order valence-electron chi connectivity index (χ0n) is 14.5. The summed E-state index contributed by atoms with van der Waals surface area (Å²) in [6.07, 6.45) is 4.46. The Morgan fingerprint density at radius 2 is 1.92 bits per heavy atom. The van der Waals surface area contributed by atoms with Gasteiger partial charge < -0.3 is 0 Å². The highest BCUT2D eigenvalue weighted by Crippen LogP contribution is 2.13. The summed E-state index contributed by atoms with van der Waals surface area (Å²) in [5.74, 6) is -0.0673. The van der Waals surface area contributed by atoms with E-state index in [9.17, 15) is 9.59 Å². The van der Waals surface area contributed by atoms with Crippen molar-refractivity contribution in [1.82, 2.24) is 15.2 Å². The summed E-state index contributed by atoms with van der Waals surface area (Å²) >= 11 is 0. The number of nitrogens with zero attached hydrogens (tertiary/aromatic N) is 3. The van der Waals surface area contributed by atoms with Crippen LogP contribution in [0.4, 0.5) is 0 Å². The van der Waals surface area contributed by atoms with Crippen LogP contribution in [0, 0.1) is 5.92 Å². The van der Waals surface area contributed by atoms with Crippen molar-refractivity contribution in [3.63, 3.8) is 0 Å². The van der Waals surface area contributed by atoms with Crippen molar-refractivity contribution in [1.29, 1.82) is 0 Å². The number of rotatable bonds is 7. The predicted molar refractivity (Wildman–Crippen MR) is 96.3 cm³/mol. The van der Waals surface area contributed by atoms with Crippen molar-refractivity contribution in [3.8, 4) is 0 Å². The monoisotopic (exact) mass is 328 g/mol. The molecule has 0 aliphatic rings. The SMILES string of the molecule is CCCn1nc(C(=O)N/N=C\C(CC)CC)c2ccccc2c1=O. The lowest BCUT2D eigenvalue weighted by Crippen LogP contribution is -2.29. The molecule has 0 spiro atoms. The van der Waals surface area contributed by atoms with Gasteiger partial charge in [0.1, 0.15) is 0 Å². The first-order valence-electron chi connectivity index (χ1n) is 8.45. The Labute approximate surface area is 141 Å². The minimum Gasteiger partial charge on any atom is -0.267 e. The van der Waals surface area contributed by atoms with Gasteiger partial charge in [-0.25, -0.2) is 10.1 Å². The molecule has 6 nitrogen and oxygen atoms in total. The fraction of sp³-hybridized carbons (Fsp3) is 0.444. The second-order valence-corrected chi connectivity index (χ2v) is 5.72. The smallest absolute Gasteiger partial charge is 0.267 e. The molecule has 1 aromatic carbocycles. The van der Waals surface area contributed by atoms with Crippen LogP contribution in [0.2, 0.25) is 0 Å². The van der Waals surface area contributed by atoms with Crippen molar-refractivity contribution in [2.24, 2.45) is 11.0 Å². The zero-order valence-corrected chi connectivity index (χ0v) is 14.5. The predicted octanol–water partition coefficient (Wildman–Crippen LogP) is 2.96. The van der Waals surface area contributed by atoms with E-state index in [2.05, 4.69) is 29.5 Å². The van der Waals surface area contributed by atoms with Crippen LogP contribution in [0.25, 0.3) is 10.8 Å². The quantitative estimate of drug-likeness (QED) is 0.627. The summed E-state index contributed by atoms with van der Waals surface area (Å²) in [5, 5.41) is 9.33. The molecule has 0 radical (unpaired) electrons. The number of carbonyl (C=O) groups is 1. The van der Waals surface area contributed by atoms with E-state index in [0.717, 1.165) is 19.3 Å². The molecule has 1 N–H and O–H groups in total. The van der Waals surface area contributed by atoms with E-state index in [1.165, 1.54) is 4.68 Å². The maximum atomic E-state index is 12.5. The van der Waals surface area contributed by atoms with Crippen molar-refractivity contribution in [2.45, 2.75) is 46.6 Å². The second kappa shape index (κ2) is 8.38. The van der Waals surface area contributed by atoms with E-state index in [0.29, 0.717) is 23.2 Å². The topological polar surface area (TPSA) is 76.3 Å². The molecule has 0 aliphatic heterocycles. The van der Waals surface area contributed by atoms with E-state index in [-0.39, 0.29) is 11.3 Å². The van der Waals surface area contributed by atoms with Gasteiger partial charge in [-0.2, -0.15) is 10.2 Å². The van der Waals surface area contributed by atoms with Crippen LogP contribution in [0.15, 0.2) is 34.2 Å². The van der Waals surface area contributed by atoms with E-state index >= 15 is 0 Å². The third kappa shape index (κ3) is 3.88. The van der Waals surface area contributed by atoms with Gasteiger partial charge in [0, 0.05) is 18.1 Å². The molecule has 1 aromatic heterocycles. The Morgan fingerprint density at radius 1 is 1.25 bits per heavy atom. The van der Waals surface area contributed by atoms with E-state index in [1.54, 1.807) is 30.5 Å². The van der Waals surface area contributed by atoms with Crippen LogP contribution in [-0.2, 0) is 6.54 Å². The lowest BCUT2D eigenvalue weighted by Gasteiger charge is -2.09. The third-order valence-electron chi connectivity index (χ3n) is 4.02. The molecule has 2 rings (SSSR count). The number of fused-ring (bicyclic) bond motifs is 1. The first kappa shape index (κ1) is 17.8. The molecule has 1 amide bonds. The molecule has 1 heterocycles. The Hall–Kier alpha value is -2.50. The first-order valence-corrected chi connectivity index (χ1v) is 8.45. The number of hydrogen-bond acceptors (Lipinski definition) is 4. The van der Waals surface area contributed by atoms with E-state index in [1.807, 2.05) is 6.92 Å². The van der Waals surface area contributed by atoms with Gasteiger partial charge in [0.05, 0.1) is 5.39 Å². The number of amides is 1. The summed E-state index contributed by atoms with van der Waals surface area (Å²) in [6, 6.07) is 7.03. The van der Waals surface area contributed by atoms with Gasteiger partial charge in [0.15, 0.2) is 5.69 Å². The van der Waals surface area contributed by atoms with Crippen LogP contribution in [-0.4, -0.2) is 21.9 Å². The molecule has 0 bridgehead atoms. The molecule has 2 aromatic rings. The normalized spacial score (nSPS) is 11.5. The van der Waals surface area contributed by atoms with Crippen LogP contribution in [0.5, 0.6) is 0 Å². The highest BCUT2D eigenvalue weighted by molar-refractivity contribution is 6.04. The van der Waals surface area contributed by atoms with Crippen LogP contribution >= 0.6 is 0 Å². The zero-order chi connectivity index (χ0) is 17.5. The van der Waals surface area contributed by atoms with Gasteiger partial charge in [-0.15, -0.1) is 0 Å². The maximum absolute atomic E-state index is 12.5. The molecule has 24 heavy (non-hydrogen) atoms. The molecular weight excluding hydrogens is 304 g/mol. The average molecular weight is 328 g/mol.